The molecule has 0 bridgehead atoms. The van der Waals surface area contributed by atoms with Crippen molar-refractivity contribution < 1.29 is 39.9 Å². The normalized spacial score (nSPS) is 17.1. The van der Waals surface area contributed by atoms with Gasteiger partial charge in [-0.1, -0.05) is 96.6 Å². The zero-order valence-electron chi connectivity index (χ0n) is 25.8. The molecular weight excluding hydrogens is 588 g/mol. The van der Waals surface area contributed by atoms with Crippen molar-refractivity contribution >= 4 is 6.08 Å². The van der Waals surface area contributed by atoms with Crippen molar-refractivity contribution in [1.82, 2.24) is 0 Å². The molecule has 0 N–H and O–H groups in total. The van der Waals surface area contributed by atoms with E-state index in [1.807, 2.05) is 0 Å². The molecule has 0 atom stereocenters. The third-order valence-electron chi connectivity index (χ3n) is 8.66. The Morgan fingerprint density at radius 3 is 1.52 bits per heavy atom. The molecule has 2 aromatic rings. The monoisotopic (exact) mass is 632 g/mol. The molecule has 3 rings (SSSR count). The maximum atomic E-state index is 15.1. The summed E-state index contributed by atoms with van der Waals surface area (Å²) in [5, 5.41) is 0. The van der Waals surface area contributed by atoms with Crippen LogP contribution in [-0.4, -0.2) is 6.61 Å². The minimum atomic E-state index is -2.22. The summed E-state index contributed by atoms with van der Waals surface area (Å²) >= 11 is 0. The highest BCUT2D eigenvalue weighted by molar-refractivity contribution is 5.70. The molecule has 0 aliphatic heterocycles. The van der Waals surface area contributed by atoms with Crippen LogP contribution in [-0.2, 0) is 0 Å². The maximum absolute atomic E-state index is 15.1. The number of ether oxygens (including phenoxy) is 1. The lowest BCUT2D eigenvalue weighted by molar-refractivity contribution is 0.264. The van der Waals surface area contributed by atoms with Gasteiger partial charge in [-0.25, -0.2) is 26.3 Å². The average Bonchev–Trinajstić information content (AvgIpc) is 3.02. The summed E-state index contributed by atoms with van der Waals surface area (Å²) in [6.45, 7) is 3.98. The number of hydrogen-bond acceptors (Lipinski definition) is 1. The minimum absolute atomic E-state index is 0.0570. The third-order valence-corrected chi connectivity index (χ3v) is 8.66. The minimum Gasteiger partial charge on any atom is -0.487 e. The van der Waals surface area contributed by atoms with Crippen LogP contribution in [0.1, 0.15) is 122 Å². The van der Waals surface area contributed by atoms with E-state index in [4.69, 9.17) is 4.74 Å². The third kappa shape index (κ3) is 9.00. The molecule has 1 saturated carbocycles. The van der Waals surface area contributed by atoms with Crippen LogP contribution in [0, 0.1) is 58.4 Å². The summed E-state index contributed by atoms with van der Waals surface area (Å²) in [7, 11) is 0. The predicted molar refractivity (Wildman–Crippen MR) is 158 cm³/mol. The van der Waals surface area contributed by atoms with Crippen molar-refractivity contribution in [3.63, 3.8) is 0 Å². The van der Waals surface area contributed by atoms with Crippen LogP contribution < -0.4 is 4.74 Å². The second-order valence-electron chi connectivity index (χ2n) is 12.0. The van der Waals surface area contributed by atoms with Gasteiger partial charge in [-0.3, -0.25) is 0 Å². The van der Waals surface area contributed by atoms with Gasteiger partial charge in [0.05, 0.1) is 23.3 Å². The van der Waals surface area contributed by atoms with Crippen LogP contribution in [0.2, 0.25) is 0 Å². The molecule has 44 heavy (non-hydrogen) atoms. The van der Waals surface area contributed by atoms with Crippen molar-refractivity contribution in [2.75, 3.05) is 6.61 Å². The second kappa shape index (κ2) is 17.8. The first-order valence-corrected chi connectivity index (χ1v) is 16.2. The van der Waals surface area contributed by atoms with Crippen LogP contribution in [0.25, 0.3) is 17.2 Å². The molecule has 0 heterocycles. The number of allylic oxidation sites excluding steroid dienone is 1. The number of unbranched alkanes of at least 4 members (excludes halogenated alkanes) is 9. The van der Waals surface area contributed by atoms with Crippen molar-refractivity contribution in [3.05, 3.63) is 58.2 Å². The van der Waals surface area contributed by atoms with Gasteiger partial charge < -0.3 is 4.74 Å². The van der Waals surface area contributed by atoms with E-state index >= 15 is 8.78 Å². The molecule has 0 unspecified atom stereocenters. The van der Waals surface area contributed by atoms with E-state index in [9.17, 15) is 26.3 Å². The number of halogens is 8. The summed E-state index contributed by atoms with van der Waals surface area (Å²) in [4.78, 5) is 0. The van der Waals surface area contributed by atoms with Crippen LogP contribution in [0.3, 0.4) is 0 Å². The predicted octanol–water partition coefficient (Wildman–Crippen LogP) is 12.4. The Bertz CT molecular complexity index is 1190. The first-order chi connectivity index (χ1) is 21.1. The lowest BCUT2D eigenvalue weighted by Gasteiger charge is -2.26. The Kier molecular flexibility index (Phi) is 14.5. The molecule has 0 amide bonds. The van der Waals surface area contributed by atoms with Gasteiger partial charge in [0.2, 0.25) is 11.6 Å². The molecule has 2 aromatic carbocycles. The molecule has 0 saturated heterocycles. The van der Waals surface area contributed by atoms with Crippen LogP contribution in [0.5, 0.6) is 5.75 Å². The summed E-state index contributed by atoms with van der Waals surface area (Å²) in [5.74, 6) is -17.6. The Labute approximate surface area is 256 Å². The van der Waals surface area contributed by atoms with Gasteiger partial charge in [0.1, 0.15) is 0 Å². The smallest absolute Gasteiger partial charge is 0.204 e. The molecule has 246 valence electrons. The average molecular weight is 633 g/mol. The molecule has 1 nitrogen and oxygen atoms in total. The summed E-state index contributed by atoms with van der Waals surface area (Å²) in [6.07, 6.45) is 17.6. The van der Waals surface area contributed by atoms with Crippen LogP contribution in [0.15, 0.2) is 6.08 Å². The quantitative estimate of drug-likeness (QED) is 0.0958. The molecule has 0 radical (unpaired) electrons. The molecule has 1 aliphatic rings. The zero-order valence-corrected chi connectivity index (χ0v) is 25.8. The van der Waals surface area contributed by atoms with Crippen molar-refractivity contribution in [2.45, 2.75) is 117 Å². The van der Waals surface area contributed by atoms with E-state index in [1.54, 1.807) is 0 Å². The van der Waals surface area contributed by atoms with Gasteiger partial charge >= 0.3 is 0 Å². The zero-order chi connectivity index (χ0) is 32.2. The summed E-state index contributed by atoms with van der Waals surface area (Å²) in [5.41, 5.74) is -4.82. The van der Waals surface area contributed by atoms with E-state index < -0.39 is 69.0 Å². The highest BCUT2D eigenvalue weighted by atomic mass is 19.2. The molecule has 0 spiro atoms. The molecule has 1 fully saturated rings. The van der Waals surface area contributed by atoms with Gasteiger partial charge in [-0.05, 0) is 43.9 Å². The Morgan fingerprint density at radius 1 is 0.545 bits per heavy atom. The number of hydrogen-bond donors (Lipinski definition) is 0. The topological polar surface area (TPSA) is 9.23 Å². The van der Waals surface area contributed by atoms with Crippen molar-refractivity contribution in [1.29, 1.82) is 0 Å². The van der Waals surface area contributed by atoms with E-state index in [1.165, 1.54) is 6.08 Å². The lowest BCUT2D eigenvalue weighted by Crippen LogP contribution is -2.13. The maximum Gasteiger partial charge on any atom is 0.204 e. The second-order valence-corrected chi connectivity index (χ2v) is 12.0. The fraction of sp³-hybridized carbons (Fsp3) is 0.600. The summed E-state index contributed by atoms with van der Waals surface area (Å²) in [6, 6.07) is 0. The first-order valence-electron chi connectivity index (χ1n) is 16.2. The SMILES string of the molecule is CCCCCCCCCCOc1c(F)c(F)c(-c2c(F)c(F)c(/C=C/C3CCC(CCCCC)CC3)c(F)c2F)c(F)c1F. The summed E-state index contributed by atoms with van der Waals surface area (Å²) < 4.78 is 125. The van der Waals surface area contributed by atoms with Gasteiger partial charge in [-0.15, -0.1) is 0 Å². The van der Waals surface area contributed by atoms with Crippen LogP contribution >= 0.6 is 0 Å². The van der Waals surface area contributed by atoms with Gasteiger partial charge in [0.25, 0.3) is 0 Å². The molecular formula is C35H44F8O. The number of rotatable bonds is 17. The van der Waals surface area contributed by atoms with E-state index in [0.29, 0.717) is 18.8 Å². The van der Waals surface area contributed by atoms with E-state index in [2.05, 4.69) is 13.8 Å². The van der Waals surface area contributed by atoms with Crippen molar-refractivity contribution in [3.8, 4) is 16.9 Å². The standard InChI is InChI=1S/C35H44F8O/c1-3-5-7-8-9-10-11-13-21-44-35-33(42)31(40)26(32(41)34(35)43)25-29(38)27(36)24(28(37)30(25)39)20-19-23-17-15-22(16-18-23)14-12-6-4-2/h19-20,22-23H,3-18,21H2,1-2H3/b20-19+. The van der Waals surface area contributed by atoms with Gasteiger partial charge in [0, 0.05) is 0 Å². The highest BCUT2D eigenvalue weighted by Crippen LogP contribution is 2.41. The van der Waals surface area contributed by atoms with Crippen LogP contribution in [0.4, 0.5) is 35.1 Å². The largest absolute Gasteiger partial charge is 0.487 e. The first kappa shape index (κ1) is 35.9. The Balaban J connectivity index is 1.75. The Hall–Kier alpha value is -2.58. The highest BCUT2D eigenvalue weighted by Gasteiger charge is 2.34. The van der Waals surface area contributed by atoms with Gasteiger partial charge in [-0.2, -0.15) is 8.78 Å². The molecule has 1 aliphatic carbocycles. The Morgan fingerprint density at radius 2 is 1.00 bits per heavy atom. The van der Waals surface area contributed by atoms with Gasteiger partial charge in [0.15, 0.2) is 40.7 Å². The van der Waals surface area contributed by atoms with Crippen molar-refractivity contribution in [2.24, 2.45) is 11.8 Å². The lowest BCUT2D eigenvalue weighted by atomic mass is 9.79. The van der Waals surface area contributed by atoms with E-state index in [0.717, 1.165) is 96.0 Å². The molecule has 0 aromatic heterocycles. The fourth-order valence-electron chi connectivity index (χ4n) is 5.97. The molecule has 9 heteroatoms. The number of benzene rings is 2. The fourth-order valence-corrected chi connectivity index (χ4v) is 5.97. The van der Waals surface area contributed by atoms with E-state index in [-0.39, 0.29) is 12.5 Å².